The summed E-state index contributed by atoms with van der Waals surface area (Å²) in [5.74, 6) is 1.01. The number of aromatic nitrogens is 1. The van der Waals surface area contributed by atoms with Crippen molar-refractivity contribution in [1.29, 1.82) is 0 Å². The van der Waals surface area contributed by atoms with Gasteiger partial charge in [0.2, 0.25) is 5.89 Å². The van der Waals surface area contributed by atoms with Crippen LogP contribution in [0.4, 0.5) is 0 Å². The zero-order valence-electron chi connectivity index (χ0n) is 11.4. The average molecular weight is 271 g/mol. The average Bonchev–Trinajstić information content (AvgIpc) is 3.08. The van der Waals surface area contributed by atoms with Crippen LogP contribution in [-0.2, 0) is 5.54 Å². The van der Waals surface area contributed by atoms with E-state index in [-0.39, 0.29) is 5.54 Å². The van der Waals surface area contributed by atoms with Gasteiger partial charge in [0.15, 0.2) is 5.58 Å². The van der Waals surface area contributed by atoms with E-state index in [2.05, 4.69) is 16.9 Å². The lowest BCUT2D eigenvalue weighted by Gasteiger charge is -2.32. The zero-order chi connectivity index (χ0) is 13.9. The van der Waals surface area contributed by atoms with E-state index < -0.39 is 5.91 Å². The highest BCUT2D eigenvalue weighted by atomic mass is 16.4. The van der Waals surface area contributed by atoms with E-state index in [1.807, 2.05) is 6.07 Å². The quantitative estimate of drug-likeness (QED) is 0.905. The predicted octanol–water partition coefficient (Wildman–Crippen LogP) is 1.87. The third kappa shape index (κ3) is 1.41. The van der Waals surface area contributed by atoms with Gasteiger partial charge in [-0.3, -0.25) is 9.69 Å². The van der Waals surface area contributed by atoms with Crippen LogP contribution in [0.1, 0.15) is 35.5 Å². The first-order valence-electron chi connectivity index (χ1n) is 7.01. The number of hydrogen-bond acceptors (Lipinski definition) is 4. The molecule has 4 rings (SSSR count). The minimum Gasteiger partial charge on any atom is -0.438 e. The van der Waals surface area contributed by atoms with Gasteiger partial charge in [-0.1, -0.05) is 6.07 Å². The van der Waals surface area contributed by atoms with Crippen molar-refractivity contribution in [2.45, 2.75) is 24.8 Å². The van der Waals surface area contributed by atoms with Crippen molar-refractivity contribution in [2.24, 2.45) is 11.7 Å². The molecule has 0 unspecified atom stereocenters. The molecule has 0 spiro atoms. The highest BCUT2D eigenvalue weighted by molar-refractivity contribution is 6.03. The largest absolute Gasteiger partial charge is 0.438 e. The van der Waals surface area contributed by atoms with Crippen LogP contribution in [0.25, 0.3) is 11.1 Å². The second kappa shape index (κ2) is 3.82. The van der Waals surface area contributed by atoms with E-state index in [4.69, 9.17) is 10.2 Å². The summed E-state index contributed by atoms with van der Waals surface area (Å²) in [6.07, 6.45) is 3.40. The van der Waals surface area contributed by atoms with Crippen LogP contribution < -0.4 is 5.73 Å². The summed E-state index contributed by atoms with van der Waals surface area (Å²) in [5.41, 5.74) is 6.97. The molecule has 1 saturated carbocycles. The van der Waals surface area contributed by atoms with Gasteiger partial charge in [-0.2, -0.15) is 0 Å². The van der Waals surface area contributed by atoms with Gasteiger partial charge in [0.25, 0.3) is 5.91 Å². The Morgan fingerprint density at radius 2 is 2.40 bits per heavy atom. The zero-order valence-corrected chi connectivity index (χ0v) is 11.4. The number of likely N-dealkylation sites (tertiary alicyclic amines) is 1. The van der Waals surface area contributed by atoms with Crippen molar-refractivity contribution in [2.75, 3.05) is 13.6 Å². The summed E-state index contributed by atoms with van der Waals surface area (Å²) < 4.78 is 5.98. The number of hydrogen-bond donors (Lipinski definition) is 1. The molecule has 0 radical (unpaired) electrons. The molecule has 1 aromatic heterocycles. The number of benzene rings is 1. The van der Waals surface area contributed by atoms with E-state index in [0.29, 0.717) is 11.1 Å². The number of piperidine rings is 1. The maximum absolute atomic E-state index is 11.5. The first-order chi connectivity index (χ1) is 9.60. The first-order valence-corrected chi connectivity index (χ1v) is 7.01. The summed E-state index contributed by atoms with van der Waals surface area (Å²) in [5, 5.41) is 0. The molecule has 20 heavy (non-hydrogen) atoms. The molecule has 2 fully saturated rings. The lowest BCUT2D eigenvalue weighted by molar-refractivity contribution is 0.0999. The third-order valence-corrected chi connectivity index (χ3v) is 4.93. The summed E-state index contributed by atoms with van der Waals surface area (Å²) in [6, 6.07) is 5.35. The molecule has 1 aliphatic heterocycles. The Morgan fingerprint density at radius 1 is 1.55 bits per heavy atom. The number of fused-ring (bicyclic) bond motifs is 3. The topological polar surface area (TPSA) is 72.4 Å². The maximum Gasteiger partial charge on any atom is 0.252 e. The standard InChI is InChI=1S/C15H17N3O2/c1-18-8-9-5-6-15(18,7-9)14-17-11-4-2-3-10(13(16)19)12(11)20-14/h2-4,9H,5-8H2,1H3,(H2,16,19)/t9-,15+/m0/s1. The van der Waals surface area contributed by atoms with Crippen LogP contribution in [0.15, 0.2) is 22.6 Å². The lowest BCUT2D eigenvalue weighted by atomic mass is 9.97. The van der Waals surface area contributed by atoms with Gasteiger partial charge in [0.05, 0.1) is 11.1 Å². The number of nitrogens with zero attached hydrogens (tertiary/aromatic N) is 2. The Bertz CT molecular complexity index is 708. The van der Waals surface area contributed by atoms with E-state index in [1.165, 1.54) is 6.42 Å². The van der Waals surface area contributed by atoms with Crippen molar-refractivity contribution in [3.63, 3.8) is 0 Å². The van der Waals surface area contributed by atoms with Crippen LogP contribution in [-0.4, -0.2) is 29.4 Å². The molecule has 2 N–H and O–H groups in total. The van der Waals surface area contributed by atoms with Crippen molar-refractivity contribution in [3.05, 3.63) is 29.7 Å². The number of carbonyl (C=O) groups is 1. The van der Waals surface area contributed by atoms with Crippen LogP contribution in [0.2, 0.25) is 0 Å². The van der Waals surface area contributed by atoms with Crippen molar-refractivity contribution < 1.29 is 9.21 Å². The molecule has 5 nitrogen and oxygen atoms in total. The monoisotopic (exact) mass is 271 g/mol. The highest BCUT2D eigenvalue weighted by Crippen LogP contribution is 2.52. The number of rotatable bonds is 2. The smallest absolute Gasteiger partial charge is 0.252 e. The molecule has 2 bridgehead atoms. The van der Waals surface area contributed by atoms with Crippen molar-refractivity contribution >= 4 is 17.0 Å². The molecular weight excluding hydrogens is 254 g/mol. The SMILES string of the molecule is CN1C[C@H]2CC[C@]1(c1nc3cccc(C(N)=O)c3o1)C2. The minimum absolute atomic E-state index is 0.0847. The van der Waals surface area contributed by atoms with Gasteiger partial charge in [0.1, 0.15) is 5.52 Å². The number of carbonyl (C=O) groups excluding carboxylic acids is 1. The Morgan fingerprint density at radius 3 is 3.05 bits per heavy atom. The number of primary amides is 1. The van der Waals surface area contributed by atoms with Gasteiger partial charge in [-0.05, 0) is 44.4 Å². The highest BCUT2D eigenvalue weighted by Gasteiger charge is 2.53. The van der Waals surface area contributed by atoms with Gasteiger partial charge in [-0.15, -0.1) is 0 Å². The van der Waals surface area contributed by atoms with Crippen molar-refractivity contribution in [3.8, 4) is 0 Å². The van der Waals surface area contributed by atoms with Gasteiger partial charge in [-0.25, -0.2) is 4.98 Å². The molecular formula is C15H17N3O2. The predicted molar refractivity (Wildman–Crippen MR) is 74.2 cm³/mol. The van der Waals surface area contributed by atoms with Crippen LogP contribution >= 0.6 is 0 Å². The Kier molecular flexibility index (Phi) is 2.27. The summed E-state index contributed by atoms with van der Waals surface area (Å²) in [6.45, 7) is 1.10. The number of amides is 1. The Hall–Kier alpha value is -1.88. The van der Waals surface area contributed by atoms with E-state index in [1.54, 1.807) is 12.1 Å². The lowest BCUT2D eigenvalue weighted by Crippen LogP contribution is -2.39. The Labute approximate surface area is 116 Å². The molecule has 2 atom stereocenters. The molecule has 5 heteroatoms. The fourth-order valence-electron chi connectivity index (χ4n) is 3.89. The van der Waals surface area contributed by atoms with Crippen LogP contribution in [0, 0.1) is 5.92 Å². The van der Waals surface area contributed by atoms with Crippen LogP contribution in [0.5, 0.6) is 0 Å². The number of para-hydroxylation sites is 1. The number of oxazole rings is 1. The van der Waals surface area contributed by atoms with Gasteiger partial charge in [0, 0.05) is 6.54 Å². The van der Waals surface area contributed by atoms with E-state index in [9.17, 15) is 4.79 Å². The van der Waals surface area contributed by atoms with Crippen LogP contribution in [0.3, 0.4) is 0 Å². The fraction of sp³-hybridized carbons (Fsp3) is 0.467. The third-order valence-electron chi connectivity index (χ3n) is 4.93. The van der Waals surface area contributed by atoms with E-state index in [0.717, 1.165) is 36.7 Å². The van der Waals surface area contributed by atoms with E-state index >= 15 is 0 Å². The fourth-order valence-corrected chi connectivity index (χ4v) is 3.89. The molecule has 1 aliphatic carbocycles. The molecule has 2 heterocycles. The molecule has 2 aromatic rings. The maximum atomic E-state index is 11.5. The van der Waals surface area contributed by atoms with Crippen molar-refractivity contribution in [1.82, 2.24) is 9.88 Å². The molecule has 1 amide bonds. The van der Waals surface area contributed by atoms with Gasteiger partial charge < -0.3 is 10.2 Å². The minimum atomic E-state index is -0.472. The first kappa shape index (κ1) is 11.9. The molecule has 2 aliphatic rings. The summed E-state index contributed by atoms with van der Waals surface area (Å²) >= 11 is 0. The number of nitrogens with two attached hydrogens (primary N) is 1. The molecule has 104 valence electrons. The second-order valence-corrected chi connectivity index (χ2v) is 6.06. The summed E-state index contributed by atoms with van der Waals surface area (Å²) in [7, 11) is 2.13. The molecule has 1 saturated heterocycles. The summed E-state index contributed by atoms with van der Waals surface area (Å²) in [4.78, 5) is 18.5. The van der Waals surface area contributed by atoms with Gasteiger partial charge >= 0.3 is 0 Å². The normalized spacial score (nSPS) is 29.4. The Balaban J connectivity index is 1.90. The second-order valence-electron chi connectivity index (χ2n) is 6.06. The molecule has 1 aromatic carbocycles.